The van der Waals surface area contributed by atoms with Crippen molar-refractivity contribution < 1.29 is 18.6 Å². The van der Waals surface area contributed by atoms with E-state index in [9.17, 15) is 14.9 Å². The lowest BCUT2D eigenvalue weighted by Gasteiger charge is -2.06. The predicted octanol–water partition coefficient (Wildman–Crippen LogP) is 3.65. The number of nitrogens with one attached hydrogen (secondary N) is 1. The number of rotatable bonds is 6. The lowest BCUT2D eigenvalue weighted by Crippen LogP contribution is -2.17. The van der Waals surface area contributed by atoms with Crippen molar-refractivity contribution >= 4 is 17.5 Å². The largest absolute Gasteiger partial charge is 0.465 e. The Kier molecular flexibility index (Phi) is 4.65. The van der Waals surface area contributed by atoms with Gasteiger partial charge in [-0.15, -0.1) is 5.10 Å². The van der Waals surface area contributed by atoms with Crippen LogP contribution in [0.25, 0.3) is 11.6 Å². The first-order valence-electron chi connectivity index (χ1n) is 8.60. The molecule has 1 N–H and O–H groups in total. The van der Waals surface area contributed by atoms with Crippen LogP contribution >= 0.6 is 0 Å². The van der Waals surface area contributed by atoms with Crippen LogP contribution in [0.1, 0.15) is 21.9 Å². The van der Waals surface area contributed by atoms with E-state index in [0.717, 1.165) is 10.4 Å². The van der Waals surface area contributed by atoms with Crippen molar-refractivity contribution in [1.82, 2.24) is 14.8 Å². The molecule has 29 heavy (non-hydrogen) atoms. The van der Waals surface area contributed by atoms with Gasteiger partial charge in [0.2, 0.25) is 11.8 Å². The first kappa shape index (κ1) is 18.2. The quantitative estimate of drug-likeness (QED) is 0.388. The summed E-state index contributed by atoms with van der Waals surface area (Å²) in [5, 5.41) is 18.3. The zero-order valence-corrected chi connectivity index (χ0v) is 15.2. The van der Waals surface area contributed by atoms with Crippen LogP contribution in [0.5, 0.6) is 0 Å². The van der Waals surface area contributed by atoms with E-state index in [0.29, 0.717) is 11.5 Å². The maximum absolute atomic E-state index is 13.0. The summed E-state index contributed by atoms with van der Waals surface area (Å²) in [4.78, 5) is 27.8. The molecule has 4 rings (SSSR count). The smallest absolute Gasteiger partial charge is 0.281 e. The van der Waals surface area contributed by atoms with E-state index >= 15 is 0 Å². The number of aryl methyl sites for hydroxylation is 1. The zero-order chi connectivity index (χ0) is 20.4. The van der Waals surface area contributed by atoms with E-state index in [4.69, 9.17) is 8.83 Å². The topological polar surface area (TPSA) is 129 Å². The molecule has 3 heterocycles. The Morgan fingerprint density at radius 1 is 1.24 bits per heavy atom. The number of furan rings is 2. The van der Waals surface area contributed by atoms with E-state index in [1.165, 1.54) is 30.5 Å². The molecule has 0 aliphatic rings. The van der Waals surface area contributed by atoms with E-state index in [1.807, 2.05) is 13.0 Å². The fourth-order valence-electron chi connectivity index (χ4n) is 2.70. The number of hydrogen-bond donors (Lipinski definition) is 1. The van der Waals surface area contributed by atoms with Crippen LogP contribution in [0.15, 0.2) is 63.6 Å². The molecule has 0 aliphatic carbocycles. The Balaban J connectivity index is 1.69. The molecule has 0 atom stereocenters. The molecular formula is C19H15N5O5. The van der Waals surface area contributed by atoms with E-state index < -0.39 is 10.8 Å². The van der Waals surface area contributed by atoms with Gasteiger partial charge >= 0.3 is 0 Å². The van der Waals surface area contributed by atoms with Crippen molar-refractivity contribution in [2.75, 3.05) is 5.32 Å². The van der Waals surface area contributed by atoms with Gasteiger partial charge in [0.15, 0.2) is 5.76 Å². The fourth-order valence-corrected chi connectivity index (χ4v) is 2.70. The van der Waals surface area contributed by atoms with E-state index in [2.05, 4.69) is 15.4 Å². The van der Waals surface area contributed by atoms with Crippen LogP contribution in [0.3, 0.4) is 0 Å². The normalized spacial score (nSPS) is 10.8. The van der Waals surface area contributed by atoms with Gasteiger partial charge in [-0.3, -0.25) is 14.9 Å². The van der Waals surface area contributed by atoms with Gasteiger partial charge in [0.25, 0.3) is 11.6 Å². The summed E-state index contributed by atoms with van der Waals surface area (Å²) < 4.78 is 11.9. The molecule has 146 valence electrons. The number of hydrogen-bond acceptors (Lipinski definition) is 8. The number of carbonyl (C=O) groups excluding carboxylic acids is 1. The SMILES string of the molecule is Cc1ccc(CNc2nc(-c3ccco3)nn2C(=O)c2cccc([N+](=O)[O-])c2)o1. The van der Waals surface area contributed by atoms with E-state index in [1.54, 1.807) is 18.2 Å². The molecule has 0 saturated heterocycles. The van der Waals surface area contributed by atoms with Gasteiger partial charge in [0.05, 0.1) is 17.7 Å². The molecule has 0 radical (unpaired) electrons. The van der Waals surface area contributed by atoms with Crippen molar-refractivity contribution in [1.29, 1.82) is 0 Å². The third-order valence-corrected chi connectivity index (χ3v) is 4.06. The minimum Gasteiger partial charge on any atom is -0.465 e. The molecule has 1 aromatic carbocycles. The van der Waals surface area contributed by atoms with Gasteiger partial charge in [-0.1, -0.05) is 6.07 Å². The van der Waals surface area contributed by atoms with Crippen molar-refractivity contribution in [3.05, 3.63) is 82.0 Å². The first-order chi connectivity index (χ1) is 14.0. The molecule has 4 aromatic rings. The molecule has 0 spiro atoms. The summed E-state index contributed by atoms with van der Waals surface area (Å²) in [6.45, 7) is 2.10. The Bertz CT molecular complexity index is 1180. The summed E-state index contributed by atoms with van der Waals surface area (Å²) in [6, 6.07) is 12.4. The second-order valence-electron chi connectivity index (χ2n) is 6.13. The third-order valence-electron chi connectivity index (χ3n) is 4.06. The molecule has 0 fully saturated rings. The number of non-ortho nitro benzene ring substituents is 1. The van der Waals surface area contributed by atoms with Gasteiger partial charge in [0.1, 0.15) is 11.5 Å². The zero-order valence-electron chi connectivity index (χ0n) is 15.2. The van der Waals surface area contributed by atoms with Crippen molar-refractivity contribution in [3.8, 4) is 11.6 Å². The van der Waals surface area contributed by atoms with Gasteiger partial charge in [0, 0.05) is 17.7 Å². The van der Waals surface area contributed by atoms with Crippen LogP contribution in [-0.2, 0) is 6.54 Å². The highest BCUT2D eigenvalue weighted by Gasteiger charge is 2.21. The molecular weight excluding hydrogens is 378 g/mol. The second-order valence-corrected chi connectivity index (χ2v) is 6.13. The van der Waals surface area contributed by atoms with Crippen LogP contribution in [-0.4, -0.2) is 25.6 Å². The van der Waals surface area contributed by atoms with Gasteiger partial charge in [-0.25, -0.2) is 0 Å². The number of carbonyl (C=O) groups is 1. The summed E-state index contributed by atoms with van der Waals surface area (Å²) in [6.07, 6.45) is 1.47. The van der Waals surface area contributed by atoms with Crippen LogP contribution in [0.4, 0.5) is 11.6 Å². The van der Waals surface area contributed by atoms with Crippen molar-refractivity contribution in [2.45, 2.75) is 13.5 Å². The van der Waals surface area contributed by atoms with Crippen molar-refractivity contribution in [3.63, 3.8) is 0 Å². The maximum atomic E-state index is 13.0. The highest BCUT2D eigenvalue weighted by atomic mass is 16.6. The predicted molar refractivity (Wildman–Crippen MR) is 101 cm³/mol. The summed E-state index contributed by atoms with van der Waals surface area (Å²) >= 11 is 0. The van der Waals surface area contributed by atoms with Gasteiger partial charge < -0.3 is 14.2 Å². The molecule has 0 amide bonds. The Labute approximate surface area is 163 Å². The standard InChI is InChI=1S/C19H15N5O5/c1-12-7-8-15(29-12)11-20-19-21-17(16-6-3-9-28-16)22-23(19)18(25)13-4-2-5-14(10-13)24(26)27/h2-10H,11H2,1H3,(H,20,21,22). The highest BCUT2D eigenvalue weighted by Crippen LogP contribution is 2.21. The molecule has 0 unspecified atom stereocenters. The Hall–Kier alpha value is -4.21. The fraction of sp³-hybridized carbons (Fsp3) is 0.105. The van der Waals surface area contributed by atoms with Crippen LogP contribution < -0.4 is 5.32 Å². The minimum atomic E-state index is -0.572. The average molecular weight is 393 g/mol. The second kappa shape index (κ2) is 7.43. The molecule has 10 nitrogen and oxygen atoms in total. The monoisotopic (exact) mass is 393 g/mol. The summed E-state index contributed by atoms with van der Waals surface area (Å²) in [5.74, 6) is 1.57. The Morgan fingerprint density at radius 3 is 2.79 bits per heavy atom. The molecule has 0 bridgehead atoms. The van der Waals surface area contributed by atoms with Crippen LogP contribution in [0, 0.1) is 17.0 Å². The minimum absolute atomic E-state index is 0.104. The van der Waals surface area contributed by atoms with Gasteiger partial charge in [-0.2, -0.15) is 9.67 Å². The molecule has 3 aromatic heterocycles. The summed E-state index contributed by atoms with van der Waals surface area (Å²) in [7, 11) is 0. The molecule has 0 aliphatic heterocycles. The maximum Gasteiger partial charge on any atom is 0.281 e. The van der Waals surface area contributed by atoms with E-state index in [-0.39, 0.29) is 29.6 Å². The highest BCUT2D eigenvalue weighted by molar-refractivity contribution is 5.97. The number of nitro benzene ring substituents is 1. The average Bonchev–Trinajstić information content (AvgIpc) is 3.46. The lowest BCUT2D eigenvalue weighted by atomic mass is 10.2. The third kappa shape index (κ3) is 3.76. The number of anilines is 1. The summed E-state index contributed by atoms with van der Waals surface area (Å²) in [5.41, 5.74) is -0.0882. The lowest BCUT2D eigenvalue weighted by molar-refractivity contribution is -0.384. The number of nitro groups is 1. The van der Waals surface area contributed by atoms with Crippen LogP contribution in [0.2, 0.25) is 0 Å². The first-order valence-corrected chi connectivity index (χ1v) is 8.60. The van der Waals surface area contributed by atoms with Crippen molar-refractivity contribution in [2.24, 2.45) is 0 Å². The number of benzene rings is 1. The molecule has 10 heteroatoms. The van der Waals surface area contributed by atoms with Gasteiger partial charge in [-0.05, 0) is 37.3 Å². The number of aromatic nitrogens is 3. The molecule has 0 saturated carbocycles. The Morgan fingerprint density at radius 2 is 2.10 bits per heavy atom. The number of nitrogens with zero attached hydrogens (tertiary/aromatic N) is 4.